The Balaban J connectivity index is 2.31. The fraction of sp³-hybridized carbons (Fsp3) is 0.700. The van der Waals surface area contributed by atoms with Crippen molar-refractivity contribution in [2.45, 2.75) is 18.9 Å². The topological polar surface area (TPSA) is 116 Å². The van der Waals surface area contributed by atoms with Crippen molar-refractivity contribution in [3.8, 4) is 0 Å². The minimum atomic E-state index is -1.40. The fourth-order valence-electron chi connectivity index (χ4n) is 1.57. The highest BCUT2D eigenvalue weighted by atomic mass is 32.2. The summed E-state index contributed by atoms with van der Waals surface area (Å²) in [6, 6.07) is -2.04. The van der Waals surface area contributed by atoms with Gasteiger partial charge in [0.05, 0.1) is 6.42 Å². The van der Waals surface area contributed by atoms with Crippen LogP contribution >= 0.6 is 11.8 Å². The molecule has 1 fully saturated rings. The molecule has 0 spiro atoms. The van der Waals surface area contributed by atoms with Gasteiger partial charge in [-0.1, -0.05) is 0 Å². The average molecular weight is 276 g/mol. The van der Waals surface area contributed by atoms with E-state index < -0.39 is 30.4 Å². The molecule has 1 aliphatic heterocycles. The van der Waals surface area contributed by atoms with E-state index in [0.29, 0.717) is 12.5 Å². The number of carbonyl (C=O) groups is 3. The van der Waals surface area contributed by atoms with E-state index in [9.17, 15) is 14.4 Å². The number of amides is 2. The Hall–Kier alpha value is -1.44. The summed E-state index contributed by atoms with van der Waals surface area (Å²) in [4.78, 5) is 32.6. The number of aliphatic carboxylic acids is 2. The van der Waals surface area contributed by atoms with Gasteiger partial charge in [0.25, 0.3) is 0 Å². The van der Waals surface area contributed by atoms with E-state index in [-0.39, 0.29) is 0 Å². The highest BCUT2D eigenvalue weighted by Gasteiger charge is 2.23. The summed E-state index contributed by atoms with van der Waals surface area (Å²) in [6.45, 7) is 0.484. The van der Waals surface area contributed by atoms with E-state index in [2.05, 4.69) is 10.6 Å². The van der Waals surface area contributed by atoms with Crippen molar-refractivity contribution in [1.29, 1.82) is 0 Å². The third-order valence-corrected chi connectivity index (χ3v) is 3.79. The lowest BCUT2D eigenvalue weighted by Gasteiger charge is -2.15. The molecule has 0 aliphatic carbocycles. The van der Waals surface area contributed by atoms with Crippen LogP contribution in [0.2, 0.25) is 0 Å². The van der Waals surface area contributed by atoms with Crippen LogP contribution in [0.3, 0.4) is 0 Å². The predicted molar refractivity (Wildman–Crippen MR) is 65.6 cm³/mol. The smallest absolute Gasteiger partial charge is 0.326 e. The number of nitrogens with one attached hydrogen (secondary N) is 2. The van der Waals surface area contributed by atoms with Gasteiger partial charge >= 0.3 is 18.0 Å². The number of hydrogen-bond donors (Lipinski definition) is 4. The van der Waals surface area contributed by atoms with Crippen LogP contribution in [0, 0.1) is 5.92 Å². The zero-order chi connectivity index (χ0) is 13.5. The molecule has 102 valence electrons. The second-order valence-corrected chi connectivity index (χ2v) is 5.22. The first-order valence-corrected chi connectivity index (χ1v) is 6.71. The molecule has 18 heavy (non-hydrogen) atoms. The minimum Gasteiger partial charge on any atom is -0.481 e. The van der Waals surface area contributed by atoms with Crippen LogP contribution in [0.5, 0.6) is 0 Å². The monoisotopic (exact) mass is 276 g/mol. The normalized spacial score (nSPS) is 20.1. The summed E-state index contributed by atoms with van der Waals surface area (Å²) in [7, 11) is 0. The van der Waals surface area contributed by atoms with Gasteiger partial charge in [-0.25, -0.2) is 9.59 Å². The van der Waals surface area contributed by atoms with Crippen LogP contribution in [0.15, 0.2) is 0 Å². The number of carboxylic acids is 2. The van der Waals surface area contributed by atoms with Gasteiger partial charge in [0, 0.05) is 6.54 Å². The van der Waals surface area contributed by atoms with E-state index in [4.69, 9.17) is 10.2 Å². The van der Waals surface area contributed by atoms with Crippen molar-refractivity contribution in [2.24, 2.45) is 5.92 Å². The lowest BCUT2D eigenvalue weighted by atomic mass is 10.1. The summed E-state index contributed by atoms with van der Waals surface area (Å²) in [5.74, 6) is -0.162. The SMILES string of the molecule is O=C(O)CC(NC(=O)NCC1CCSC1)C(=O)O. The molecule has 1 saturated heterocycles. The standard InChI is InChI=1S/C10H16N2O5S/c13-8(14)3-7(9(15)16)12-10(17)11-4-6-1-2-18-5-6/h6-7H,1-5H2,(H,13,14)(H,15,16)(H2,11,12,17). The summed E-state index contributed by atoms with van der Waals surface area (Å²) in [5.41, 5.74) is 0. The Morgan fingerprint density at radius 1 is 1.33 bits per heavy atom. The lowest BCUT2D eigenvalue weighted by molar-refractivity contribution is -0.145. The highest BCUT2D eigenvalue weighted by molar-refractivity contribution is 7.99. The van der Waals surface area contributed by atoms with Gasteiger partial charge in [-0.3, -0.25) is 4.79 Å². The molecule has 8 heteroatoms. The quantitative estimate of drug-likeness (QED) is 0.541. The molecule has 0 aromatic rings. The Labute approximate surface area is 108 Å². The fourth-order valence-corrected chi connectivity index (χ4v) is 2.85. The maximum Gasteiger partial charge on any atom is 0.326 e. The van der Waals surface area contributed by atoms with E-state index in [0.717, 1.165) is 17.9 Å². The first-order valence-electron chi connectivity index (χ1n) is 5.55. The van der Waals surface area contributed by atoms with Gasteiger partial charge in [-0.05, 0) is 23.8 Å². The minimum absolute atomic E-state index is 0.406. The molecule has 0 saturated carbocycles. The lowest BCUT2D eigenvalue weighted by Crippen LogP contribution is -2.47. The third-order valence-electron chi connectivity index (χ3n) is 2.56. The first kappa shape index (κ1) is 14.6. The van der Waals surface area contributed by atoms with Gasteiger partial charge in [0.1, 0.15) is 6.04 Å². The van der Waals surface area contributed by atoms with Crippen LogP contribution in [-0.4, -0.2) is 52.3 Å². The molecule has 1 rings (SSSR count). The molecule has 7 nitrogen and oxygen atoms in total. The summed E-state index contributed by atoms with van der Waals surface area (Å²) in [6.07, 6.45) is 0.393. The maximum atomic E-state index is 11.4. The zero-order valence-electron chi connectivity index (χ0n) is 9.72. The van der Waals surface area contributed by atoms with Gasteiger partial charge < -0.3 is 20.8 Å². The van der Waals surface area contributed by atoms with Crippen LogP contribution in [0.4, 0.5) is 4.79 Å². The van der Waals surface area contributed by atoms with Gasteiger partial charge in [0.15, 0.2) is 0 Å². The largest absolute Gasteiger partial charge is 0.481 e. The Morgan fingerprint density at radius 3 is 2.56 bits per heavy atom. The predicted octanol–water partition coefficient (Wildman–Crippen LogP) is -0.0334. The number of carboxylic acid groups (broad SMARTS) is 2. The number of rotatable bonds is 6. The Bertz CT molecular complexity index is 330. The molecule has 1 aliphatic rings. The molecule has 0 bridgehead atoms. The Morgan fingerprint density at radius 2 is 2.06 bits per heavy atom. The summed E-state index contributed by atoms with van der Waals surface area (Å²) in [5, 5.41) is 22.0. The molecule has 1 heterocycles. The first-order chi connectivity index (χ1) is 8.49. The van der Waals surface area contributed by atoms with Crippen LogP contribution < -0.4 is 10.6 Å². The molecule has 4 N–H and O–H groups in total. The van der Waals surface area contributed by atoms with E-state index >= 15 is 0 Å². The number of carbonyl (C=O) groups excluding carboxylic acids is 1. The maximum absolute atomic E-state index is 11.4. The van der Waals surface area contributed by atoms with Crippen molar-refractivity contribution in [2.75, 3.05) is 18.1 Å². The van der Waals surface area contributed by atoms with Crippen LogP contribution in [-0.2, 0) is 9.59 Å². The molecule has 2 unspecified atom stereocenters. The molecule has 2 amide bonds. The van der Waals surface area contributed by atoms with Crippen LogP contribution in [0.25, 0.3) is 0 Å². The molecular formula is C10H16N2O5S. The number of hydrogen-bond acceptors (Lipinski definition) is 4. The van der Waals surface area contributed by atoms with Crippen molar-refractivity contribution >= 4 is 29.7 Å². The number of urea groups is 1. The molecule has 0 radical (unpaired) electrons. The van der Waals surface area contributed by atoms with Crippen LogP contribution in [0.1, 0.15) is 12.8 Å². The van der Waals surface area contributed by atoms with E-state index in [1.54, 1.807) is 0 Å². The van der Waals surface area contributed by atoms with E-state index in [1.807, 2.05) is 11.8 Å². The highest BCUT2D eigenvalue weighted by Crippen LogP contribution is 2.22. The third kappa shape index (κ3) is 5.26. The zero-order valence-corrected chi connectivity index (χ0v) is 10.5. The van der Waals surface area contributed by atoms with E-state index in [1.165, 1.54) is 0 Å². The van der Waals surface area contributed by atoms with Crippen molar-refractivity contribution in [3.05, 3.63) is 0 Å². The summed E-state index contributed by atoms with van der Waals surface area (Å²) >= 11 is 1.82. The number of thioether (sulfide) groups is 1. The molecular weight excluding hydrogens is 260 g/mol. The second-order valence-electron chi connectivity index (χ2n) is 4.07. The molecule has 0 aromatic carbocycles. The second kappa shape index (κ2) is 7.10. The van der Waals surface area contributed by atoms with Gasteiger partial charge in [-0.2, -0.15) is 11.8 Å². The Kier molecular flexibility index (Phi) is 5.76. The van der Waals surface area contributed by atoms with Crippen molar-refractivity contribution < 1.29 is 24.6 Å². The summed E-state index contributed by atoms with van der Waals surface area (Å²) < 4.78 is 0. The molecule has 2 atom stereocenters. The average Bonchev–Trinajstić information content (AvgIpc) is 2.77. The van der Waals surface area contributed by atoms with Gasteiger partial charge in [-0.15, -0.1) is 0 Å². The molecule has 0 aromatic heterocycles. The van der Waals surface area contributed by atoms with Gasteiger partial charge in [0.2, 0.25) is 0 Å². The van der Waals surface area contributed by atoms with Crippen molar-refractivity contribution in [3.63, 3.8) is 0 Å². The van der Waals surface area contributed by atoms with Crippen molar-refractivity contribution in [1.82, 2.24) is 10.6 Å².